The number of nitrogens with one attached hydrogen (secondary N) is 2. The highest BCUT2D eigenvalue weighted by atomic mass is 16.5. The van der Waals surface area contributed by atoms with Gasteiger partial charge in [0.1, 0.15) is 0 Å². The molecule has 0 fully saturated rings. The minimum atomic E-state index is 0.192. The molecule has 0 aliphatic rings. The summed E-state index contributed by atoms with van der Waals surface area (Å²) in [5, 5.41) is 6.79. The van der Waals surface area contributed by atoms with Crippen LogP contribution in [0.2, 0.25) is 0 Å². The molecule has 0 bridgehead atoms. The first-order chi connectivity index (χ1) is 8.91. The van der Waals surface area contributed by atoms with E-state index in [0.717, 1.165) is 13.2 Å². The molecule has 0 aromatic carbocycles. The summed E-state index contributed by atoms with van der Waals surface area (Å²) in [6.45, 7) is 18.7. The lowest BCUT2D eigenvalue weighted by atomic mass is 10.1. The van der Waals surface area contributed by atoms with Crippen molar-refractivity contribution in [1.29, 1.82) is 0 Å². The number of hydrogen-bond acceptors (Lipinski definition) is 4. The van der Waals surface area contributed by atoms with Gasteiger partial charge >= 0.3 is 0 Å². The van der Waals surface area contributed by atoms with Gasteiger partial charge in [0.15, 0.2) is 0 Å². The fourth-order valence-corrected chi connectivity index (χ4v) is 2.06. The first-order valence-electron chi connectivity index (χ1n) is 7.44. The molecular formula is C16H38N2O2. The number of hydrogen-bond donors (Lipinski definition) is 2. The van der Waals surface area contributed by atoms with Crippen LogP contribution in [0.5, 0.6) is 0 Å². The summed E-state index contributed by atoms with van der Waals surface area (Å²) in [6, 6.07) is 0.870. The first kappa shape index (κ1) is 22.1. The van der Waals surface area contributed by atoms with Gasteiger partial charge in [-0.05, 0) is 55.4 Å². The average molecular weight is 290 g/mol. The Morgan fingerprint density at radius 1 is 0.700 bits per heavy atom. The second-order valence-corrected chi connectivity index (χ2v) is 7.50. The summed E-state index contributed by atoms with van der Waals surface area (Å²) in [7, 11) is 3.45. The van der Waals surface area contributed by atoms with E-state index >= 15 is 0 Å². The monoisotopic (exact) mass is 290 g/mol. The van der Waals surface area contributed by atoms with E-state index in [0.29, 0.717) is 12.1 Å². The molecule has 1 unspecified atom stereocenters. The summed E-state index contributed by atoms with van der Waals surface area (Å²) < 4.78 is 9.97. The first-order valence-corrected chi connectivity index (χ1v) is 7.44. The third-order valence-corrected chi connectivity index (χ3v) is 2.19. The molecule has 124 valence electrons. The van der Waals surface area contributed by atoms with Crippen molar-refractivity contribution < 1.29 is 9.47 Å². The lowest BCUT2D eigenvalue weighted by Gasteiger charge is -2.25. The van der Waals surface area contributed by atoms with E-state index in [2.05, 4.69) is 66.0 Å². The average Bonchev–Trinajstić information content (AvgIpc) is 2.12. The molecule has 0 heterocycles. The van der Waals surface area contributed by atoms with Gasteiger partial charge in [0.2, 0.25) is 0 Å². The SMILES string of the molecule is COCC(C)NC(C)(C)C.COC[C@H](C)NC(C)(C)C. The third-order valence-electron chi connectivity index (χ3n) is 2.19. The van der Waals surface area contributed by atoms with Crippen LogP contribution in [0.4, 0.5) is 0 Å². The minimum Gasteiger partial charge on any atom is -0.383 e. The molecule has 20 heavy (non-hydrogen) atoms. The Labute approximate surface area is 127 Å². The van der Waals surface area contributed by atoms with Gasteiger partial charge < -0.3 is 20.1 Å². The molecule has 0 aliphatic carbocycles. The largest absolute Gasteiger partial charge is 0.383 e. The van der Waals surface area contributed by atoms with E-state index in [1.807, 2.05) is 0 Å². The van der Waals surface area contributed by atoms with E-state index < -0.39 is 0 Å². The van der Waals surface area contributed by atoms with Crippen molar-refractivity contribution >= 4 is 0 Å². The fourth-order valence-electron chi connectivity index (χ4n) is 2.06. The van der Waals surface area contributed by atoms with E-state index in [9.17, 15) is 0 Å². The van der Waals surface area contributed by atoms with Gasteiger partial charge in [0.25, 0.3) is 0 Å². The van der Waals surface area contributed by atoms with Crippen LogP contribution in [-0.2, 0) is 9.47 Å². The van der Waals surface area contributed by atoms with Crippen molar-refractivity contribution in [2.45, 2.75) is 78.6 Å². The van der Waals surface area contributed by atoms with E-state index in [4.69, 9.17) is 9.47 Å². The fraction of sp³-hybridized carbons (Fsp3) is 1.00. The lowest BCUT2D eigenvalue weighted by molar-refractivity contribution is 0.159. The molecule has 0 spiro atoms. The topological polar surface area (TPSA) is 42.5 Å². The minimum absolute atomic E-state index is 0.192. The molecule has 0 aromatic heterocycles. The van der Waals surface area contributed by atoms with Crippen LogP contribution < -0.4 is 10.6 Å². The molecule has 4 heteroatoms. The normalized spacial score (nSPS) is 15.3. The molecule has 4 nitrogen and oxygen atoms in total. The second-order valence-electron chi connectivity index (χ2n) is 7.50. The molecule has 0 radical (unpaired) electrons. The van der Waals surface area contributed by atoms with Crippen molar-refractivity contribution in [3.8, 4) is 0 Å². The Kier molecular flexibility index (Phi) is 11.7. The summed E-state index contributed by atoms with van der Waals surface area (Å²) in [4.78, 5) is 0. The number of rotatable bonds is 6. The second kappa shape index (κ2) is 10.6. The predicted molar refractivity (Wildman–Crippen MR) is 88.5 cm³/mol. The molecule has 0 saturated heterocycles. The highest BCUT2D eigenvalue weighted by Crippen LogP contribution is 2.01. The van der Waals surface area contributed by atoms with Crippen LogP contribution >= 0.6 is 0 Å². The van der Waals surface area contributed by atoms with Crippen molar-refractivity contribution in [1.82, 2.24) is 10.6 Å². The number of methoxy groups -OCH3 is 2. The molecule has 0 aromatic rings. The molecule has 0 rings (SSSR count). The van der Waals surface area contributed by atoms with Crippen molar-refractivity contribution in [3.63, 3.8) is 0 Å². The van der Waals surface area contributed by atoms with Gasteiger partial charge in [0.05, 0.1) is 13.2 Å². The molecular weight excluding hydrogens is 252 g/mol. The van der Waals surface area contributed by atoms with E-state index in [1.165, 1.54) is 0 Å². The van der Waals surface area contributed by atoms with Crippen LogP contribution in [0.1, 0.15) is 55.4 Å². The summed E-state index contributed by atoms with van der Waals surface area (Å²) >= 11 is 0. The Balaban J connectivity index is 0. The van der Waals surface area contributed by atoms with Gasteiger partial charge in [0, 0.05) is 37.4 Å². The predicted octanol–water partition coefficient (Wildman–Crippen LogP) is 2.82. The van der Waals surface area contributed by atoms with E-state index in [-0.39, 0.29) is 11.1 Å². The summed E-state index contributed by atoms with van der Waals surface area (Å²) in [5.74, 6) is 0. The highest BCUT2D eigenvalue weighted by molar-refractivity contribution is 4.75. The Bertz CT molecular complexity index is 195. The zero-order chi connectivity index (χ0) is 16.4. The van der Waals surface area contributed by atoms with Crippen LogP contribution in [0.15, 0.2) is 0 Å². The van der Waals surface area contributed by atoms with Crippen LogP contribution in [0.25, 0.3) is 0 Å². The van der Waals surface area contributed by atoms with E-state index in [1.54, 1.807) is 14.2 Å². The molecule has 0 aliphatic heterocycles. The lowest BCUT2D eigenvalue weighted by Crippen LogP contribution is -2.44. The molecule has 2 atom stereocenters. The molecule has 0 amide bonds. The van der Waals surface area contributed by atoms with Gasteiger partial charge in [-0.2, -0.15) is 0 Å². The standard InChI is InChI=1S/2C8H19NO/c2*1-7(6-10-5)9-8(2,3)4/h2*7,9H,6H2,1-5H3/t7-;/m0./s1. The highest BCUT2D eigenvalue weighted by Gasteiger charge is 2.13. The quantitative estimate of drug-likeness (QED) is 0.789. The third kappa shape index (κ3) is 20.2. The zero-order valence-corrected chi connectivity index (χ0v) is 15.4. The van der Waals surface area contributed by atoms with Crippen LogP contribution in [-0.4, -0.2) is 50.6 Å². The van der Waals surface area contributed by atoms with Gasteiger partial charge in [-0.3, -0.25) is 0 Å². The Morgan fingerprint density at radius 2 is 0.950 bits per heavy atom. The Hall–Kier alpha value is -0.160. The van der Waals surface area contributed by atoms with Gasteiger partial charge in [-0.15, -0.1) is 0 Å². The van der Waals surface area contributed by atoms with Crippen molar-refractivity contribution in [2.75, 3.05) is 27.4 Å². The van der Waals surface area contributed by atoms with Crippen molar-refractivity contribution in [3.05, 3.63) is 0 Å². The zero-order valence-electron chi connectivity index (χ0n) is 15.4. The Morgan fingerprint density at radius 3 is 1.10 bits per heavy atom. The van der Waals surface area contributed by atoms with Crippen LogP contribution in [0.3, 0.4) is 0 Å². The maximum Gasteiger partial charge on any atom is 0.0613 e. The maximum absolute atomic E-state index is 4.99. The van der Waals surface area contributed by atoms with Gasteiger partial charge in [-0.1, -0.05) is 0 Å². The number of ether oxygens (including phenoxy) is 2. The summed E-state index contributed by atoms with van der Waals surface area (Å²) in [6.07, 6.45) is 0. The van der Waals surface area contributed by atoms with Crippen LogP contribution in [0, 0.1) is 0 Å². The van der Waals surface area contributed by atoms with Crippen molar-refractivity contribution in [2.24, 2.45) is 0 Å². The maximum atomic E-state index is 4.99. The smallest absolute Gasteiger partial charge is 0.0613 e. The molecule has 0 saturated carbocycles. The van der Waals surface area contributed by atoms with Gasteiger partial charge in [-0.25, -0.2) is 0 Å². The molecule has 2 N–H and O–H groups in total. The summed E-state index contributed by atoms with van der Waals surface area (Å²) in [5.41, 5.74) is 0.385.